The first-order valence-corrected chi connectivity index (χ1v) is 11.4. The van der Waals surface area contributed by atoms with Crippen molar-refractivity contribution in [1.82, 2.24) is 19.8 Å². The first-order chi connectivity index (χ1) is 14.7. The van der Waals surface area contributed by atoms with Crippen molar-refractivity contribution in [3.05, 3.63) is 47.6 Å². The van der Waals surface area contributed by atoms with E-state index in [2.05, 4.69) is 14.9 Å². The van der Waals surface area contributed by atoms with Gasteiger partial charge in [-0.1, -0.05) is 18.2 Å². The molecule has 30 heavy (non-hydrogen) atoms. The highest BCUT2D eigenvalue weighted by atomic mass is 32.1. The molecule has 2 saturated heterocycles. The van der Waals surface area contributed by atoms with Gasteiger partial charge in [-0.25, -0.2) is 4.98 Å². The predicted molar refractivity (Wildman–Crippen MR) is 118 cm³/mol. The van der Waals surface area contributed by atoms with Crippen LogP contribution in [0.5, 0.6) is 0 Å². The van der Waals surface area contributed by atoms with Gasteiger partial charge in [-0.2, -0.15) is 0 Å². The molecule has 0 bridgehead atoms. The molecule has 2 aliphatic rings. The van der Waals surface area contributed by atoms with Gasteiger partial charge < -0.3 is 19.7 Å². The second kappa shape index (κ2) is 8.10. The summed E-state index contributed by atoms with van der Waals surface area (Å²) in [5, 5.41) is 3.98. The van der Waals surface area contributed by atoms with Gasteiger partial charge in [-0.3, -0.25) is 9.59 Å². The quantitative estimate of drug-likeness (QED) is 0.700. The fraction of sp³-hybridized carbons (Fsp3) is 0.409. The SMILES string of the molecule is O=C(Cc1c[nH]c2ccccc12)N1CCN(C(=O)C2CCCN2c2nccs2)CC1. The molecule has 4 heterocycles. The maximum absolute atomic E-state index is 13.1. The van der Waals surface area contributed by atoms with Gasteiger partial charge in [0.25, 0.3) is 0 Å². The minimum atomic E-state index is -0.121. The molecule has 1 aromatic carbocycles. The number of hydrogen-bond donors (Lipinski definition) is 1. The Morgan fingerprint density at radius 3 is 2.70 bits per heavy atom. The van der Waals surface area contributed by atoms with Crippen LogP contribution in [0.15, 0.2) is 42.0 Å². The van der Waals surface area contributed by atoms with Gasteiger partial charge in [0.2, 0.25) is 11.8 Å². The van der Waals surface area contributed by atoms with Crippen LogP contribution < -0.4 is 4.90 Å². The van der Waals surface area contributed by atoms with Crippen molar-refractivity contribution in [2.24, 2.45) is 0 Å². The van der Waals surface area contributed by atoms with Crippen molar-refractivity contribution in [3.8, 4) is 0 Å². The number of hydrogen-bond acceptors (Lipinski definition) is 5. The number of carbonyl (C=O) groups excluding carboxylic acids is 2. The number of H-pyrrole nitrogens is 1. The second-order valence-corrected chi connectivity index (χ2v) is 8.78. The summed E-state index contributed by atoms with van der Waals surface area (Å²) >= 11 is 1.58. The number of aromatic nitrogens is 2. The molecule has 2 amide bonds. The molecule has 1 atom stereocenters. The lowest BCUT2D eigenvalue weighted by molar-refractivity contribution is -0.139. The zero-order valence-corrected chi connectivity index (χ0v) is 17.6. The van der Waals surface area contributed by atoms with E-state index in [1.54, 1.807) is 17.5 Å². The molecule has 0 radical (unpaired) electrons. The zero-order valence-electron chi connectivity index (χ0n) is 16.8. The molecular formula is C22H25N5O2S. The van der Waals surface area contributed by atoms with Crippen LogP contribution in [0.4, 0.5) is 5.13 Å². The molecule has 5 rings (SSSR count). The van der Waals surface area contributed by atoms with E-state index < -0.39 is 0 Å². The Kier molecular flexibility index (Phi) is 5.16. The molecular weight excluding hydrogens is 398 g/mol. The van der Waals surface area contributed by atoms with E-state index in [1.165, 1.54) is 0 Å². The Balaban J connectivity index is 1.19. The van der Waals surface area contributed by atoms with Gasteiger partial charge in [0.15, 0.2) is 5.13 Å². The third-order valence-corrected chi connectivity index (χ3v) is 6.97. The highest BCUT2D eigenvalue weighted by Gasteiger charge is 2.36. The van der Waals surface area contributed by atoms with Gasteiger partial charge in [0.1, 0.15) is 6.04 Å². The number of fused-ring (bicyclic) bond motifs is 1. The molecule has 1 unspecified atom stereocenters. The van der Waals surface area contributed by atoms with Gasteiger partial charge in [0, 0.05) is 61.4 Å². The summed E-state index contributed by atoms with van der Waals surface area (Å²) in [5.41, 5.74) is 2.08. The monoisotopic (exact) mass is 423 g/mol. The van der Waals surface area contributed by atoms with Crippen LogP contribution in [-0.4, -0.2) is 70.3 Å². The third kappa shape index (κ3) is 3.56. The van der Waals surface area contributed by atoms with Crippen molar-refractivity contribution in [1.29, 1.82) is 0 Å². The van der Waals surface area contributed by atoms with E-state index in [4.69, 9.17) is 0 Å². The highest BCUT2D eigenvalue weighted by Crippen LogP contribution is 2.28. The molecule has 3 aromatic rings. The van der Waals surface area contributed by atoms with Crippen LogP contribution in [0.1, 0.15) is 18.4 Å². The molecule has 2 aliphatic heterocycles. The van der Waals surface area contributed by atoms with Crippen LogP contribution >= 0.6 is 11.3 Å². The molecule has 8 heteroatoms. The highest BCUT2D eigenvalue weighted by molar-refractivity contribution is 7.13. The Labute approximate surface area is 179 Å². The number of anilines is 1. The summed E-state index contributed by atoms with van der Waals surface area (Å²) in [6.45, 7) is 3.27. The maximum Gasteiger partial charge on any atom is 0.245 e. The lowest BCUT2D eigenvalue weighted by atomic mass is 10.1. The zero-order chi connectivity index (χ0) is 20.5. The van der Waals surface area contributed by atoms with Crippen molar-refractivity contribution < 1.29 is 9.59 Å². The van der Waals surface area contributed by atoms with E-state index in [-0.39, 0.29) is 17.9 Å². The maximum atomic E-state index is 13.1. The Morgan fingerprint density at radius 1 is 1.10 bits per heavy atom. The number of nitrogens with zero attached hydrogens (tertiary/aromatic N) is 4. The van der Waals surface area contributed by atoms with Crippen molar-refractivity contribution in [2.75, 3.05) is 37.6 Å². The number of benzene rings is 1. The van der Waals surface area contributed by atoms with Crippen LogP contribution in [0.25, 0.3) is 10.9 Å². The van der Waals surface area contributed by atoms with E-state index in [1.807, 2.05) is 45.6 Å². The lowest BCUT2D eigenvalue weighted by Gasteiger charge is -2.37. The number of nitrogens with one attached hydrogen (secondary N) is 1. The number of thiazole rings is 1. The van der Waals surface area contributed by atoms with E-state index in [0.717, 1.165) is 41.0 Å². The summed E-state index contributed by atoms with van der Waals surface area (Å²) < 4.78 is 0. The smallest absolute Gasteiger partial charge is 0.245 e. The fourth-order valence-electron chi connectivity index (χ4n) is 4.55. The number of piperazine rings is 1. The molecule has 2 fully saturated rings. The summed E-state index contributed by atoms with van der Waals surface area (Å²) in [4.78, 5) is 39.6. The Hall–Kier alpha value is -2.87. The van der Waals surface area contributed by atoms with Gasteiger partial charge in [-0.15, -0.1) is 11.3 Å². The van der Waals surface area contributed by atoms with Gasteiger partial charge in [-0.05, 0) is 24.5 Å². The average Bonchev–Trinajstić information content (AvgIpc) is 3.54. The summed E-state index contributed by atoms with van der Waals surface area (Å²) in [6, 6.07) is 7.92. The topological polar surface area (TPSA) is 72.5 Å². The Bertz CT molecular complexity index is 1040. The standard InChI is InChI=1S/C22H25N5O2S/c28-20(14-16-15-24-18-5-2-1-4-17(16)18)25-9-11-26(12-10-25)21(29)19-6-3-8-27(19)22-23-7-13-30-22/h1-2,4-5,7,13,15,19,24H,3,6,8-12,14H2. The van der Waals surface area contributed by atoms with Crippen molar-refractivity contribution >= 4 is 39.2 Å². The summed E-state index contributed by atoms with van der Waals surface area (Å²) in [5.74, 6) is 0.295. The molecule has 1 N–H and O–H groups in total. The first kappa shape index (κ1) is 19.1. The molecule has 0 spiro atoms. The average molecular weight is 424 g/mol. The van der Waals surface area contributed by atoms with Crippen LogP contribution in [0.2, 0.25) is 0 Å². The lowest BCUT2D eigenvalue weighted by Crippen LogP contribution is -2.55. The third-order valence-electron chi connectivity index (χ3n) is 6.16. The summed E-state index contributed by atoms with van der Waals surface area (Å²) in [6.07, 6.45) is 5.99. The van der Waals surface area contributed by atoms with Crippen LogP contribution in [0, 0.1) is 0 Å². The second-order valence-electron chi connectivity index (χ2n) is 7.91. The Morgan fingerprint density at radius 2 is 1.90 bits per heavy atom. The first-order valence-electron chi connectivity index (χ1n) is 10.5. The van der Waals surface area contributed by atoms with Gasteiger partial charge in [0.05, 0.1) is 6.42 Å². The normalized spacial score (nSPS) is 19.6. The van der Waals surface area contributed by atoms with Crippen molar-refractivity contribution in [3.63, 3.8) is 0 Å². The summed E-state index contributed by atoms with van der Waals surface area (Å²) in [7, 11) is 0. The van der Waals surface area contributed by atoms with E-state index in [0.29, 0.717) is 32.6 Å². The number of rotatable bonds is 4. The van der Waals surface area contributed by atoms with Gasteiger partial charge >= 0.3 is 0 Å². The number of amides is 2. The minimum absolute atomic E-state index is 0.121. The minimum Gasteiger partial charge on any atom is -0.361 e. The number of aromatic amines is 1. The molecule has 2 aromatic heterocycles. The number of para-hydroxylation sites is 1. The molecule has 0 saturated carbocycles. The number of carbonyl (C=O) groups is 2. The fourth-order valence-corrected chi connectivity index (χ4v) is 5.27. The van der Waals surface area contributed by atoms with E-state index in [9.17, 15) is 9.59 Å². The predicted octanol–water partition coefficient (Wildman–Crippen LogP) is 2.51. The molecule has 7 nitrogen and oxygen atoms in total. The van der Waals surface area contributed by atoms with E-state index >= 15 is 0 Å². The van der Waals surface area contributed by atoms with Crippen LogP contribution in [-0.2, 0) is 16.0 Å². The van der Waals surface area contributed by atoms with Crippen LogP contribution in [0.3, 0.4) is 0 Å². The van der Waals surface area contributed by atoms with Crippen molar-refractivity contribution in [2.45, 2.75) is 25.3 Å². The largest absolute Gasteiger partial charge is 0.361 e. The molecule has 156 valence electrons. The molecule has 0 aliphatic carbocycles.